The molecule has 1 heterocycles. The fraction of sp³-hybridized carbons (Fsp3) is 0.533. The summed E-state index contributed by atoms with van der Waals surface area (Å²) in [6.45, 7) is 3.11. The molecule has 1 aromatic carbocycles. The van der Waals surface area contributed by atoms with Crippen molar-refractivity contribution in [3.63, 3.8) is 0 Å². The number of nitrogens with one attached hydrogen (secondary N) is 1. The molecule has 0 aliphatic carbocycles. The molecule has 1 aliphatic heterocycles. The molecule has 110 valence electrons. The van der Waals surface area contributed by atoms with Crippen LogP contribution < -0.4 is 10.1 Å². The van der Waals surface area contributed by atoms with Gasteiger partial charge in [0, 0.05) is 19.3 Å². The Kier molecular flexibility index (Phi) is 5.38. The van der Waals surface area contributed by atoms with Crippen molar-refractivity contribution in [3.8, 4) is 5.75 Å². The predicted octanol–water partition coefficient (Wildman–Crippen LogP) is 1.41. The molecule has 1 saturated heterocycles. The van der Waals surface area contributed by atoms with Gasteiger partial charge in [0.2, 0.25) is 0 Å². The van der Waals surface area contributed by atoms with Gasteiger partial charge in [0.1, 0.15) is 5.75 Å². The molecule has 1 atom stereocenters. The summed E-state index contributed by atoms with van der Waals surface area (Å²) < 4.78 is 10.7. The summed E-state index contributed by atoms with van der Waals surface area (Å²) in [5, 5.41) is 12.3. The summed E-state index contributed by atoms with van der Waals surface area (Å²) in [6, 6.07) is 7.28. The summed E-state index contributed by atoms with van der Waals surface area (Å²) in [4.78, 5) is 11.7. The van der Waals surface area contributed by atoms with Crippen LogP contribution in [0.3, 0.4) is 0 Å². The highest BCUT2D eigenvalue weighted by atomic mass is 16.5. The molecule has 1 aliphatic rings. The molecule has 5 nitrogen and oxygen atoms in total. The first kappa shape index (κ1) is 14.8. The maximum absolute atomic E-state index is 11.7. The van der Waals surface area contributed by atoms with Crippen LogP contribution in [0.2, 0.25) is 0 Å². The molecule has 1 amide bonds. The number of ether oxygens (including phenoxy) is 2. The van der Waals surface area contributed by atoms with Crippen LogP contribution in [0.4, 0.5) is 0 Å². The average Bonchev–Trinajstić information content (AvgIpc) is 2.46. The largest absolute Gasteiger partial charge is 0.484 e. The van der Waals surface area contributed by atoms with Crippen LogP contribution in [-0.4, -0.2) is 36.9 Å². The molecule has 2 rings (SSSR count). The van der Waals surface area contributed by atoms with Gasteiger partial charge in [-0.3, -0.25) is 4.79 Å². The van der Waals surface area contributed by atoms with E-state index in [-0.39, 0.29) is 18.6 Å². The van der Waals surface area contributed by atoms with Crippen molar-refractivity contribution in [3.05, 3.63) is 29.8 Å². The minimum atomic E-state index is -0.499. The van der Waals surface area contributed by atoms with Crippen LogP contribution in [-0.2, 0) is 9.53 Å². The van der Waals surface area contributed by atoms with Gasteiger partial charge in [-0.1, -0.05) is 12.1 Å². The lowest BCUT2D eigenvalue weighted by molar-refractivity contribution is -0.124. The predicted molar refractivity (Wildman–Crippen MR) is 74.6 cm³/mol. The molecule has 2 N–H and O–H groups in total. The molecule has 0 bridgehead atoms. The van der Waals surface area contributed by atoms with E-state index >= 15 is 0 Å². The maximum atomic E-state index is 11.7. The average molecular weight is 279 g/mol. The first-order chi connectivity index (χ1) is 9.65. The van der Waals surface area contributed by atoms with E-state index in [0.29, 0.717) is 19.0 Å². The zero-order valence-electron chi connectivity index (χ0n) is 11.7. The number of rotatable bonds is 5. The normalized spacial score (nSPS) is 17.5. The van der Waals surface area contributed by atoms with Gasteiger partial charge in [0.15, 0.2) is 6.61 Å². The zero-order valence-corrected chi connectivity index (χ0v) is 11.7. The van der Waals surface area contributed by atoms with Crippen molar-refractivity contribution in [2.75, 3.05) is 19.8 Å². The second kappa shape index (κ2) is 7.26. The van der Waals surface area contributed by atoms with E-state index in [1.54, 1.807) is 31.2 Å². The molecule has 0 radical (unpaired) electrons. The SMILES string of the molecule is C[C@@H](O)c1ccc(OCC(=O)NC2CCOCC2)cc1. The number of carbonyl (C=O) groups is 1. The third-order valence-electron chi connectivity index (χ3n) is 3.32. The van der Waals surface area contributed by atoms with Crippen molar-refractivity contribution in [1.29, 1.82) is 0 Å². The minimum Gasteiger partial charge on any atom is -0.484 e. The van der Waals surface area contributed by atoms with E-state index < -0.39 is 6.10 Å². The number of hydrogen-bond acceptors (Lipinski definition) is 4. The number of hydrogen-bond donors (Lipinski definition) is 2. The second-order valence-electron chi connectivity index (χ2n) is 4.99. The molecule has 0 spiro atoms. The van der Waals surface area contributed by atoms with E-state index in [2.05, 4.69) is 5.32 Å². The lowest BCUT2D eigenvalue weighted by atomic mass is 10.1. The highest BCUT2D eigenvalue weighted by molar-refractivity contribution is 5.77. The highest BCUT2D eigenvalue weighted by Gasteiger charge is 2.16. The number of aliphatic hydroxyl groups excluding tert-OH is 1. The van der Waals surface area contributed by atoms with Gasteiger partial charge >= 0.3 is 0 Å². The summed E-state index contributed by atoms with van der Waals surface area (Å²) in [6.07, 6.45) is 1.21. The van der Waals surface area contributed by atoms with Gasteiger partial charge in [-0.25, -0.2) is 0 Å². The molecule has 20 heavy (non-hydrogen) atoms. The van der Waals surface area contributed by atoms with E-state index in [1.165, 1.54) is 0 Å². The summed E-state index contributed by atoms with van der Waals surface area (Å²) in [5.74, 6) is 0.507. The first-order valence-corrected chi connectivity index (χ1v) is 6.93. The lowest BCUT2D eigenvalue weighted by Crippen LogP contribution is -2.41. The van der Waals surface area contributed by atoms with E-state index in [9.17, 15) is 9.90 Å². The third-order valence-corrected chi connectivity index (χ3v) is 3.32. The Labute approximate surface area is 118 Å². The Morgan fingerprint density at radius 2 is 2.05 bits per heavy atom. The van der Waals surface area contributed by atoms with Crippen LogP contribution >= 0.6 is 0 Å². The molecule has 0 saturated carbocycles. The first-order valence-electron chi connectivity index (χ1n) is 6.93. The molecular weight excluding hydrogens is 258 g/mol. The molecule has 5 heteroatoms. The van der Waals surface area contributed by atoms with Crippen molar-refractivity contribution < 1.29 is 19.4 Å². The minimum absolute atomic E-state index is 0.00534. The standard InChI is InChI=1S/C15H21NO4/c1-11(17)12-2-4-14(5-3-12)20-10-15(18)16-13-6-8-19-9-7-13/h2-5,11,13,17H,6-10H2,1H3,(H,16,18)/t11-/m1/s1. The monoisotopic (exact) mass is 279 g/mol. The van der Waals surface area contributed by atoms with Crippen LogP contribution in [0.15, 0.2) is 24.3 Å². The van der Waals surface area contributed by atoms with E-state index in [1.807, 2.05) is 0 Å². The Morgan fingerprint density at radius 1 is 1.40 bits per heavy atom. The van der Waals surface area contributed by atoms with Crippen molar-refractivity contribution >= 4 is 5.91 Å². The lowest BCUT2D eigenvalue weighted by Gasteiger charge is -2.23. The zero-order chi connectivity index (χ0) is 14.4. The number of carbonyl (C=O) groups excluding carboxylic acids is 1. The fourth-order valence-electron chi connectivity index (χ4n) is 2.10. The van der Waals surface area contributed by atoms with Gasteiger partial charge in [0.25, 0.3) is 5.91 Å². The molecule has 1 fully saturated rings. The van der Waals surface area contributed by atoms with Crippen LogP contribution in [0.5, 0.6) is 5.75 Å². The molecular formula is C15H21NO4. The highest BCUT2D eigenvalue weighted by Crippen LogP contribution is 2.17. The Bertz CT molecular complexity index is 424. The van der Waals surface area contributed by atoms with Crippen LogP contribution in [0, 0.1) is 0 Å². The smallest absolute Gasteiger partial charge is 0.258 e. The molecule has 0 unspecified atom stereocenters. The molecule has 1 aromatic rings. The van der Waals surface area contributed by atoms with Gasteiger partial charge in [-0.05, 0) is 37.5 Å². The number of benzene rings is 1. The molecule has 0 aromatic heterocycles. The summed E-state index contributed by atoms with van der Waals surface area (Å²) in [7, 11) is 0. The summed E-state index contributed by atoms with van der Waals surface area (Å²) in [5.41, 5.74) is 0.823. The quantitative estimate of drug-likeness (QED) is 0.855. The number of amides is 1. The van der Waals surface area contributed by atoms with E-state index in [4.69, 9.17) is 9.47 Å². The Morgan fingerprint density at radius 3 is 2.65 bits per heavy atom. The Balaban J connectivity index is 1.74. The van der Waals surface area contributed by atoms with Gasteiger partial charge < -0.3 is 19.9 Å². The maximum Gasteiger partial charge on any atom is 0.258 e. The van der Waals surface area contributed by atoms with Gasteiger partial charge in [0.05, 0.1) is 6.10 Å². The van der Waals surface area contributed by atoms with Gasteiger partial charge in [-0.15, -0.1) is 0 Å². The fourth-order valence-corrected chi connectivity index (χ4v) is 2.10. The third kappa shape index (κ3) is 4.51. The number of aliphatic hydroxyl groups is 1. The van der Waals surface area contributed by atoms with E-state index in [0.717, 1.165) is 18.4 Å². The van der Waals surface area contributed by atoms with Crippen LogP contribution in [0.25, 0.3) is 0 Å². The van der Waals surface area contributed by atoms with Crippen molar-refractivity contribution in [1.82, 2.24) is 5.32 Å². The van der Waals surface area contributed by atoms with Crippen molar-refractivity contribution in [2.24, 2.45) is 0 Å². The van der Waals surface area contributed by atoms with Gasteiger partial charge in [-0.2, -0.15) is 0 Å². The van der Waals surface area contributed by atoms with Crippen LogP contribution in [0.1, 0.15) is 31.4 Å². The Hall–Kier alpha value is -1.59. The second-order valence-corrected chi connectivity index (χ2v) is 4.99. The van der Waals surface area contributed by atoms with Crippen molar-refractivity contribution in [2.45, 2.75) is 31.9 Å². The topological polar surface area (TPSA) is 67.8 Å². The summed E-state index contributed by atoms with van der Waals surface area (Å²) >= 11 is 0.